The molecule has 214 valence electrons. The van der Waals surface area contributed by atoms with Gasteiger partial charge in [0, 0.05) is 71.9 Å². The van der Waals surface area contributed by atoms with Crippen molar-refractivity contribution in [2.45, 2.75) is 37.4 Å². The van der Waals surface area contributed by atoms with Gasteiger partial charge in [0.05, 0.1) is 25.5 Å². The SMILES string of the molecule is COc1ccc2c3c([nH]c2c1)[C@H](CO)N(Cc1ccncc1)CC31CCN(Cc2ccc(-c3ccccn3)cc2)CC1. The number of hydrogen-bond donors (Lipinski definition) is 2. The number of aliphatic hydroxyl groups excluding tert-OH is 1. The van der Waals surface area contributed by atoms with Crippen molar-refractivity contribution in [3.63, 3.8) is 0 Å². The van der Waals surface area contributed by atoms with Gasteiger partial charge in [-0.05, 0) is 79.0 Å². The summed E-state index contributed by atoms with van der Waals surface area (Å²) >= 11 is 0. The van der Waals surface area contributed by atoms with Crippen molar-refractivity contribution in [1.29, 1.82) is 0 Å². The third-order valence-electron chi connectivity index (χ3n) is 9.29. The average Bonchev–Trinajstić information content (AvgIpc) is 3.43. The molecule has 0 amide bonds. The molecule has 1 atom stereocenters. The number of aromatic nitrogens is 3. The van der Waals surface area contributed by atoms with Gasteiger partial charge in [0.2, 0.25) is 0 Å². The predicted molar refractivity (Wildman–Crippen MR) is 165 cm³/mol. The molecule has 7 nitrogen and oxygen atoms in total. The highest BCUT2D eigenvalue weighted by molar-refractivity contribution is 5.87. The molecule has 0 saturated carbocycles. The second kappa shape index (κ2) is 11.3. The third kappa shape index (κ3) is 4.98. The Morgan fingerprint density at radius 1 is 0.929 bits per heavy atom. The van der Waals surface area contributed by atoms with E-state index in [2.05, 4.69) is 85.4 Å². The number of methoxy groups -OCH3 is 1. The number of piperidine rings is 1. The first kappa shape index (κ1) is 26.8. The molecular formula is C35H37N5O2. The highest BCUT2D eigenvalue weighted by Crippen LogP contribution is 2.49. The minimum absolute atomic E-state index is 0.000207. The Labute approximate surface area is 246 Å². The molecule has 42 heavy (non-hydrogen) atoms. The van der Waals surface area contributed by atoms with Crippen LogP contribution in [-0.4, -0.2) is 63.2 Å². The average molecular weight is 560 g/mol. The fraction of sp³-hybridized carbons (Fsp3) is 0.314. The van der Waals surface area contributed by atoms with Gasteiger partial charge in [0.1, 0.15) is 5.75 Å². The van der Waals surface area contributed by atoms with Crippen LogP contribution < -0.4 is 4.74 Å². The topological polar surface area (TPSA) is 77.5 Å². The summed E-state index contributed by atoms with van der Waals surface area (Å²) < 4.78 is 5.55. The van der Waals surface area contributed by atoms with Gasteiger partial charge in [-0.25, -0.2) is 0 Å². The van der Waals surface area contributed by atoms with Gasteiger partial charge in [-0.15, -0.1) is 0 Å². The number of fused-ring (bicyclic) bond motifs is 4. The lowest BCUT2D eigenvalue weighted by atomic mass is 9.68. The van der Waals surface area contributed by atoms with Crippen molar-refractivity contribution < 1.29 is 9.84 Å². The number of aromatic amines is 1. The van der Waals surface area contributed by atoms with E-state index in [1.54, 1.807) is 7.11 Å². The molecule has 1 spiro atoms. The molecule has 2 N–H and O–H groups in total. The maximum atomic E-state index is 10.7. The first-order valence-corrected chi connectivity index (χ1v) is 14.8. The molecule has 2 aliphatic heterocycles. The van der Waals surface area contributed by atoms with E-state index in [4.69, 9.17) is 4.74 Å². The van der Waals surface area contributed by atoms with Crippen LogP contribution >= 0.6 is 0 Å². The van der Waals surface area contributed by atoms with Gasteiger partial charge in [-0.1, -0.05) is 30.3 Å². The van der Waals surface area contributed by atoms with Crippen LogP contribution in [0.5, 0.6) is 5.75 Å². The number of rotatable bonds is 7. The maximum Gasteiger partial charge on any atom is 0.120 e. The van der Waals surface area contributed by atoms with Gasteiger partial charge >= 0.3 is 0 Å². The predicted octanol–water partition coefficient (Wildman–Crippen LogP) is 5.72. The summed E-state index contributed by atoms with van der Waals surface area (Å²) in [5.74, 6) is 0.841. The molecule has 0 radical (unpaired) electrons. The van der Waals surface area contributed by atoms with E-state index in [0.717, 1.165) is 73.8 Å². The highest BCUT2D eigenvalue weighted by Gasteiger charge is 2.47. The molecule has 2 aliphatic rings. The lowest BCUT2D eigenvalue weighted by Crippen LogP contribution is -2.53. The lowest BCUT2D eigenvalue weighted by Gasteiger charge is -2.50. The van der Waals surface area contributed by atoms with E-state index in [9.17, 15) is 5.11 Å². The fourth-order valence-corrected chi connectivity index (χ4v) is 7.12. The van der Waals surface area contributed by atoms with Crippen molar-refractivity contribution in [3.05, 3.63) is 114 Å². The number of nitrogens with one attached hydrogen (secondary N) is 1. The van der Waals surface area contributed by atoms with E-state index < -0.39 is 0 Å². The zero-order valence-corrected chi connectivity index (χ0v) is 24.0. The number of likely N-dealkylation sites (tertiary alicyclic amines) is 1. The standard InChI is InChI=1S/C35H37N5O2/c1-42-28-9-10-29-31(20-28)38-34-32(23-41)40(22-26-11-16-36-17-12-26)24-35(33(29)34)13-18-39(19-14-35)21-25-5-7-27(8-6-25)30-4-2-3-15-37-30/h2-12,15-17,20,32,38,41H,13-14,18-19,21-24H2,1H3/t32-/m0/s1. The Hall–Kier alpha value is -4.04. The molecule has 0 unspecified atom stereocenters. The zero-order chi connectivity index (χ0) is 28.5. The van der Waals surface area contributed by atoms with Crippen LogP contribution in [0.2, 0.25) is 0 Å². The summed E-state index contributed by atoms with van der Waals surface area (Å²) in [5, 5.41) is 11.9. The molecular weight excluding hydrogens is 522 g/mol. The number of pyridine rings is 2. The van der Waals surface area contributed by atoms with Crippen LogP contribution in [0.1, 0.15) is 41.3 Å². The molecule has 5 aromatic rings. The number of hydrogen-bond acceptors (Lipinski definition) is 6. The molecule has 3 aromatic heterocycles. The largest absolute Gasteiger partial charge is 0.497 e. The minimum atomic E-state index is -0.0900. The number of nitrogens with zero attached hydrogens (tertiary/aromatic N) is 4. The quantitative estimate of drug-likeness (QED) is 0.266. The number of H-pyrrole nitrogens is 1. The number of ether oxygens (including phenoxy) is 1. The maximum absolute atomic E-state index is 10.7. The first-order chi connectivity index (χ1) is 20.7. The highest BCUT2D eigenvalue weighted by atomic mass is 16.5. The second-order valence-electron chi connectivity index (χ2n) is 11.8. The molecule has 7 heteroatoms. The van der Waals surface area contributed by atoms with E-state index in [1.807, 2.05) is 30.7 Å². The Kier molecular flexibility index (Phi) is 7.24. The molecule has 1 saturated heterocycles. The smallest absolute Gasteiger partial charge is 0.120 e. The van der Waals surface area contributed by atoms with E-state index >= 15 is 0 Å². The molecule has 0 aliphatic carbocycles. The van der Waals surface area contributed by atoms with Crippen LogP contribution in [0.25, 0.3) is 22.2 Å². The van der Waals surface area contributed by atoms with E-state index in [0.29, 0.717) is 0 Å². The Balaban J connectivity index is 1.17. The van der Waals surface area contributed by atoms with Crippen molar-refractivity contribution >= 4 is 10.9 Å². The van der Waals surface area contributed by atoms with Gasteiger partial charge in [-0.2, -0.15) is 0 Å². The Bertz CT molecular complexity index is 1640. The van der Waals surface area contributed by atoms with Gasteiger partial charge in [-0.3, -0.25) is 19.8 Å². The van der Waals surface area contributed by atoms with E-state index in [-0.39, 0.29) is 18.1 Å². The normalized spacial score (nSPS) is 18.8. The summed E-state index contributed by atoms with van der Waals surface area (Å²) in [6.45, 7) is 4.75. The number of benzene rings is 2. The third-order valence-corrected chi connectivity index (χ3v) is 9.29. The van der Waals surface area contributed by atoms with Crippen LogP contribution in [0.4, 0.5) is 0 Å². The van der Waals surface area contributed by atoms with Gasteiger partial charge < -0.3 is 14.8 Å². The second-order valence-corrected chi connectivity index (χ2v) is 11.8. The first-order valence-electron chi connectivity index (χ1n) is 14.8. The minimum Gasteiger partial charge on any atom is -0.497 e. The molecule has 0 bridgehead atoms. The van der Waals surface area contributed by atoms with E-state index in [1.165, 1.54) is 22.1 Å². The molecule has 7 rings (SSSR count). The molecule has 5 heterocycles. The summed E-state index contributed by atoms with van der Waals surface area (Å²) in [7, 11) is 1.71. The molecule has 2 aromatic carbocycles. The summed E-state index contributed by atoms with van der Waals surface area (Å²) in [5.41, 5.74) is 8.32. The van der Waals surface area contributed by atoms with Crippen LogP contribution in [0.15, 0.2) is 91.4 Å². The monoisotopic (exact) mass is 559 g/mol. The summed E-state index contributed by atoms with van der Waals surface area (Å²) in [4.78, 5) is 17.5. The van der Waals surface area contributed by atoms with Gasteiger partial charge in [0.25, 0.3) is 0 Å². The van der Waals surface area contributed by atoms with Crippen molar-refractivity contribution in [1.82, 2.24) is 24.8 Å². The fourth-order valence-electron chi connectivity index (χ4n) is 7.12. The van der Waals surface area contributed by atoms with Crippen molar-refractivity contribution in [2.75, 3.05) is 33.4 Å². The summed E-state index contributed by atoms with van der Waals surface area (Å²) in [6, 6.07) is 25.3. The molecule has 1 fully saturated rings. The number of aliphatic hydroxyl groups is 1. The van der Waals surface area contributed by atoms with Crippen LogP contribution in [0, 0.1) is 0 Å². The van der Waals surface area contributed by atoms with Crippen molar-refractivity contribution in [2.24, 2.45) is 0 Å². The van der Waals surface area contributed by atoms with Gasteiger partial charge in [0.15, 0.2) is 0 Å². The summed E-state index contributed by atoms with van der Waals surface area (Å²) in [6.07, 6.45) is 7.68. The van der Waals surface area contributed by atoms with Crippen LogP contribution in [0.3, 0.4) is 0 Å². The Morgan fingerprint density at radius 2 is 1.71 bits per heavy atom. The lowest BCUT2D eigenvalue weighted by molar-refractivity contribution is 0.0420. The van der Waals surface area contributed by atoms with Crippen LogP contribution in [-0.2, 0) is 18.5 Å². The zero-order valence-electron chi connectivity index (χ0n) is 24.0. The Morgan fingerprint density at radius 3 is 2.43 bits per heavy atom. The van der Waals surface area contributed by atoms with Crippen molar-refractivity contribution in [3.8, 4) is 17.0 Å².